The number of carbonyl (C=O) groups is 12. The predicted octanol–water partition coefficient (Wildman–Crippen LogP) is 0.818. The van der Waals surface area contributed by atoms with Crippen LogP contribution in [0.15, 0.2) is 51.2 Å². The van der Waals surface area contributed by atoms with E-state index < -0.39 is 163 Å². The lowest BCUT2D eigenvalue weighted by Crippen LogP contribution is -2.58. The number of Topliss-reactive ketones (excluding diaryl/α,β-unsaturated/α-hetero) is 1. The normalized spacial score (nSPS) is 20.9. The maximum Gasteiger partial charge on any atom is 0.508 e. The van der Waals surface area contributed by atoms with Gasteiger partial charge in [0.2, 0.25) is 29.6 Å². The first-order chi connectivity index (χ1) is 51.0. The van der Waals surface area contributed by atoms with Gasteiger partial charge in [-0.2, -0.15) is 4.98 Å². The van der Waals surface area contributed by atoms with Crippen molar-refractivity contribution in [3.05, 3.63) is 73.7 Å². The van der Waals surface area contributed by atoms with Crippen molar-refractivity contribution in [2.75, 3.05) is 48.9 Å². The van der Waals surface area contributed by atoms with E-state index in [1.54, 1.807) is 20.8 Å². The van der Waals surface area contributed by atoms with Crippen molar-refractivity contribution >= 4 is 139 Å². The summed E-state index contributed by atoms with van der Waals surface area (Å²) in [5.41, 5.74) is 16.7. The van der Waals surface area contributed by atoms with Gasteiger partial charge in [0.15, 0.2) is 17.1 Å². The molecule has 2 aliphatic heterocycles. The molecule has 108 heavy (non-hydrogen) atoms. The number of ketones is 1. The molecule has 3 aromatic heterocycles. The van der Waals surface area contributed by atoms with E-state index in [9.17, 15) is 93.0 Å². The van der Waals surface area contributed by atoms with Gasteiger partial charge in [0, 0.05) is 72.1 Å². The van der Waals surface area contributed by atoms with Gasteiger partial charge in [-0.1, -0.05) is 55.7 Å². The largest absolute Gasteiger partial charge is 0.508 e. The molecular formula is C67H92N16O22S3. The molecule has 590 valence electrons. The van der Waals surface area contributed by atoms with Crippen LogP contribution in [0.4, 0.5) is 16.4 Å². The topological polar surface area (TPSA) is 604 Å². The standard InChI is InChI=1S/C67H92N16O22S3/c1-32-9-7-11-45-46(26-47(33(2)23-38-30-106-35(4)74-38)105-52(90)27-48(84)67(5,6)55(92)34(3)54(32)91)83(45)19-20-103-66(102)104-21-22-107-108-31-44(63(100)101)80-60(96)43(25-51(88)89)79-58(94)40(10-8-18-71-64(68)69)77-59(95)42(24-50(86)87)76-49(85)17-16-41(62(98)99)78-57(93)36-12-14-37(15-13-36)72-28-39-29-73-56-53(75-39)61(97)82-65(70)81-56/h12-15,23,29-30,32,34,40-48,54,72,84,91H,7-11,16-22,24-28,31H2,1-6H3,(H,76,85)(H,77,95)(H,78,93)(H,79,94)(H,80,96)(H,86,87)(H,88,89)(H,98,99)(H,100,101)(H4,68,69,71)(H3,70,73,81,82,97). The number of aliphatic imine (C=N–C) groups is 1. The Hall–Kier alpha value is -10.1. The fourth-order valence-electron chi connectivity index (χ4n) is 11.7. The highest BCUT2D eigenvalue weighted by Crippen LogP contribution is 2.39. The van der Waals surface area contributed by atoms with Gasteiger partial charge in [0.05, 0.1) is 66.0 Å². The number of fused-ring (bicyclic) bond motifs is 2. The van der Waals surface area contributed by atoms with Crippen LogP contribution in [-0.4, -0.2) is 236 Å². The number of guanidine groups is 1. The predicted molar refractivity (Wildman–Crippen MR) is 393 cm³/mol. The van der Waals surface area contributed by atoms with Crippen LogP contribution < -0.4 is 54.7 Å². The van der Waals surface area contributed by atoms with Crippen LogP contribution in [-0.2, 0) is 68.7 Å². The molecule has 6 rings (SSSR count). The van der Waals surface area contributed by atoms with E-state index in [2.05, 4.69) is 66.7 Å². The minimum Gasteiger partial charge on any atom is -0.481 e. The number of amides is 5. The average Bonchev–Trinajstić information content (AvgIpc) is 1.61. The minimum absolute atomic E-state index is 0.000727. The molecule has 2 aliphatic rings. The van der Waals surface area contributed by atoms with Gasteiger partial charge in [-0.15, -0.1) is 11.3 Å². The minimum atomic E-state index is -2.00. The summed E-state index contributed by atoms with van der Waals surface area (Å²) in [6.45, 7) is 10.1. The number of nitrogens with zero attached hydrogens (tertiary/aromatic N) is 6. The van der Waals surface area contributed by atoms with Crippen molar-refractivity contribution in [2.45, 2.75) is 179 Å². The van der Waals surface area contributed by atoms with Gasteiger partial charge in [0.1, 0.15) is 55.3 Å². The third-order valence-corrected chi connectivity index (χ3v) is 21.0. The van der Waals surface area contributed by atoms with Crippen LogP contribution in [0.5, 0.6) is 0 Å². The van der Waals surface area contributed by atoms with Crippen LogP contribution in [0, 0.1) is 24.2 Å². The van der Waals surface area contributed by atoms with Crippen LogP contribution in [0.3, 0.4) is 0 Å². The van der Waals surface area contributed by atoms with Gasteiger partial charge in [-0.25, -0.2) is 29.3 Å². The van der Waals surface area contributed by atoms with Crippen molar-refractivity contribution in [1.29, 1.82) is 0 Å². The summed E-state index contributed by atoms with van der Waals surface area (Å²) in [5.74, 6) is -15.1. The van der Waals surface area contributed by atoms with E-state index in [-0.39, 0.29) is 110 Å². The first-order valence-electron chi connectivity index (χ1n) is 34.3. The lowest BCUT2D eigenvalue weighted by Gasteiger charge is -2.34. The zero-order valence-corrected chi connectivity index (χ0v) is 62.5. The second kappa shape index (κ2) is 41.3. The number of aliphatic hydroxyl groups excluding tert-OH is 2. The Balaban J connectivity index is 0.985. The Bertz CT molecular complexity index is 4010. The van der Waals surface area contributed by atoms with Gasteiger partial charge >= 0.3 is 36.0 Å². The number of rotatable bonds is 36. The molecule has 38 nitrogen and oxygen atoms in total. The van der Waals surface area contributed by atoms with Gasteiger partial charge in [-0.3, -0.25) is 62.8 Å². The monoisotopic (exact) mass is 1570 g/mol. The number of nitrogens with two attached hydrogens (primary N) is 3. The second-order valence-corrected chi connectivity index (χ2v) is 30.1. The number of aromatic nitrogens is 5. The fraction of sp³-hybridized carbons (Fsp3) is 0.552. The summed E-state index contributed by atoms with van der Waals surface area (Å²) in [4.78, 5) is 194. The number of benzene rings is 1. The molecular weight excluding hydrogens is 1480 g/mol. The van der Waals surface area contributed by atoms with Crippen LogP contribution in [0.25, 0.3) is 17.2 Å². The lowest BCUT2D eigenvalue weighted by atomic mass is 9.73. The molecule has 2 fully saturated rings. The van der Waals surface area contributed by atoms with Crippen molar-refractivity contribution in [2.24, 2.45) is 33.7 Å². The van der Waals surface area contributed by atoms with Crippen molar-refractivity contribution in [3.63, 3.8) is 0 Å². The lowest BCUT2D eigenvalue weighted by molar-refractivity contribution is -0.155. The third kappa shape index (κ3) is 27.3. The number of thiazole rings is 1. The zero-order valence-electron chi connectivity index (χ0n) is 60.1. The number of aliphatic carboxylic acids is 4. The number of anilines is 2. The second-order valence-electron chi connectivity index (χ2n) is 26.4. The van der Waals surface area contributed by atoms with Crippen LogP contribution >= 0.6 is 32.9 Å². The number of aliphatic hydroxyl groups is 2. The number of nitrogen functional groups attached to an aromatic ring is 1. The summed E-state index contributed by atoms with van der Waals surface area (Å²) >= 11 is 1.45. The summed E-state index contributed by atoms with van der Waals surface area (Å²) in [7, 11) is 1.96. The number of hydrogen-bond acceptors (Lipinski definition) is 29. The van der Waals surface area contributed by atoms with Crippen molar-refractivity contribution in [1.82, 2.24) is 56.4 Å². The Morgan fingerprint density at radius 2 is 1.45 bits per heavy atom. The number of nitrogens with one attached hydrogen (secondary N) is 7. The fourth-order valence-corrected chi connectivity index (χ4v) is 14.3. The molecule has 0 saturated carbocycles. The van der Waals surface area contributed by atoms with Crippen molar-refractivity contribution < 1.29 is 102 Å². The van der Waals surface area contributed by atoms with Crippen LogP contribution in [0.2, 0.25) is 0 Å². The summed E-state index contributed by atoms with van der Waals surface area (Å²) in [6.07, 6.45) is -3.16. The average molecular weight is 1570 g/mol. The summed E-state index contributed by atoms with van der Waals surface area (Å²) < 4.78 is 16.7. The number of cyclic esters (lactones) is 1. The third-order valence-electron chi connectivity index (χ3n) is 17.8. The molecule has 13 unspecified atom stereocenters. The Morgan fingerprint density at radius 1 is 0.815 bits per heavy atom. The zero-order chi connectivity index (χ0) is 79.7. The van der Waals surface area contributed by atoms with Crippen LogP contribution in [0.1, 0.15) is 132 Å². The smallest absolute Gasteiger partial charge is 0.481 e. The molecule has 19 N–H and O–H groups in total. The molecule has 0 aliphatic carbocycles. The molecule has 0 bridgehead atoms. The van der Waals surface area contributed by atoms with E-state index >= 15 is 0 Å². The first kappa shape index (κ1) is 86.8. The van der Waals surface area contributed by atoms with E-state index in [1.807, 2.05) is 32.2 Å². The Labute approximate surface area is 630 Å². The number of aryl methyl sites for hydroxylation is 1. The molecule has 4 aromatic rings. The number of ether oxygens (including phenoxy) is 3. The Morgan fingerprint density at radius 3 is 2.09 bits per heavy atom. The number of aromatic amines is 1. The maximum absolute atomic E-state index is 14.0. The number of carbonyl (C=O) groups excluding carboxylic acids is 8. The van der Waals surface area contributed by atoms with E-state index in [1.165, 1.54) is 41.8 Å². The van der Waals surface area contributed by atoms with Gasteiger partial charge < -0.3 is 94.0 Å². The van der Waals surface area contributed by atoms with E-state index in [4.69, 9.17) is 31.4 Å². The molecule has 1 aromatic carbocycles. The number of esters is 1. The number of H-pyrrole nitrogens is 1. The molecule has 2 saturated heterocycles. The summed E-state index contributed by atoms with van der Waals surface area (Å²) in [5, 5.41) is 78.9. The first-order valence-corrected chi connectivity index (χ1v) is 37.7. The Kier molecular flexibility index (Phi) is 33.2. The number of carboxylic acids is 4. The van der Waals surface area contributed by atoms with Gasteiger partial charge in [0.25, 0.3) is 11.5 Å². The highest BCUT2D eigenvalue weighted by atomic mass is 33.1. The van der Waals surface area contributed by atoms with E-state index in [0.29, 0.717) is 48.3 Å². The molecule has 41 heteroatoms. The van der Waals surface area contributed by atoms with Crippen molar-refractivity contribution in [3.8, 4) is 0 Å². The number of hydrogen-bond donors (Lipinski definition) is 16. The van der Waals surface area contributed by atoms with Gasteiger partial charge in [-0.05, 0) is 87.8 Å². The van der Waals surface area contributed by atoms with E-state index in [0.717, 1.165) is 26.6 Å². The number of carboxylic acid groups (broad SMARTS) is 4. The highest BCUT2D eigenvalue weighted by Gasteiger charge is 2.49. The quantitative estimate of drug-likeness (QED) is 0.00748. The molecule has 5 amide bonds. The molecule has 5 heterocycles. The summed E-state index contributed by atoms with van der Waals surface area (Å²) in [6, 6.07) is -3.57. The maximum atomic E-state index is 14.0. The molecule has 0 radical (unpaired) electrons. The molecule has 0 spiro atoms. The SMILES string of the molecule is CC(=Cc1csc(C)n1)C1CC2C(CCCC(C)C(O)C(C)C(=O)C(C)(C)C(O)CC(=O)O1)N2CCOC(=O)OCCSSCC(NC(=O)C(CC(=O)O)NC(=O)C(CCCN=C(N)N)NC(=O)C(CC(=O)O)NC(=O)CCC(NC(=O)c1ccc(NCc2cnc3nc(N)[nH]c(=O)c3n2)cc1)C(=O)O)C(=O)O. The highest BCUT2D eigenvalue weighted by molar-refractivity contribution is 8.76. The molecule has 13 atom stereocenters.